The summed E-state index contributed by atoms with van der Waals surface area (Å²) in [6.07, 6.45) is 4.36. The first-order valence-corrected chi connectivity index (χ1v) is 6.67. The van der Waals surface area contributed by atoms with Crippen LogP contribution in [0.4, 0.5) is 0 Å². The van der Waals surface area contributed by atoms with Crippen LogP contribution in [-0.2, 0) is 0 Å². The van der Waals surface area contributed by atoms with Crippen molar-refractivity contribution in [3.05, 3.63) is 36.3 Å². The Balaban J connectivity index is 1.83. The molecule has 2 aromatic rings. The van der Waals surface area contributed by atoms with Gasteiger partial charge in [-0.15, -0.1) is 0 Å². The molecule has 3 rings (SSSR count). The Hall–Kier alpha value is -1.81. The largest absolute Gasteiger partial charge is 0.497 e. The molecular weight excluding hydrogens is 238 g/mol. The smallest absolute Gasteiger partial charge is 0.123 e. The summed E-state index contributed by atoms with van der Waals surface area (Å²) in [5.41, 5.74) is 2.21. The molecule has 1 saturated heterocycles. The zero-order valence-corrected chi connectivity index (χ0v) is 11.4. The molecule has 0 bridgehead atoms. The Morgan fingerprint density at radius 3 is 2.74 bits per heavy atom. The number of aromatic amines is 1. The summed E-state index contributed by atoms with van der Waals surface area (Å²) in [7, 11) is 3.84. The van der Waals surface area contributed by atoms with Gasteiger partial charge in [0.05, 0.1) is 25.0 Å². The predicted molar refractivity (Wildman–Crippen MR) is 75.2 cm³/mol. The molecule has 0 spiro atoms. The molecule has 0 aliphatic carbocycles. The normalized spacial score (nSPS) is 19.8. The lowest BCUT2D eigenvalue weighted by Gasteiger charge is -2.16. The molecule has 4 heteroatoms. The minimum absolute atomic E-state index is 0.437. The molecule has 1 aliphatic heterocycles. The molecule has 1 atom stereocenters. The SMILES string of the molecule is COc1ccc(-c2cnc(C3CCCN3C)[nH]2)cc1. The van der Waals surface area contributed by atoms with Gasteiger partial charge in [-0.25, -0.2) is 4.98 Å². The lowest BCUT2D eigenvalue weighted by molar-refractivity contribution is 0.307. The molecule has 1 unspecified atom stereocenters. The highest BCUT2D eigenvalue weighted by Gasteiger charge is 2.24. The van der Waals surface area contributed by atoms with Crippen LogP contribution in [0.3, 0.4) is 0 Å². The van der Waals surface area contributed by atoms with E-state index in [-0.39, 0.29) is 0 Å². The van der Waals surface area contributed by atoms with Crippen molar-refractivity contribution in [3.63, 3.8) is 0 Å². The molecule has 1 fully saturated rings. The third kappa shape index (κ3) is 2.36. The fraction of sp³-hybridized carbons (Fsp3) is 0.400. The molecule has 1 aromatic carbocycles. The Labute approximate surface area is 113 Å². The standard InChI is InChI=1S/C15H19N3O/c1-18-9-3-4-14(18)15-16-10-13(17-15)11-5-7-12(19-2)8-6-11/h5-8,10,14H,3-4,9H2,1-2H3,(H,16,17). The van der Waals surface area contributed by atoms with Crippen molar-refractivity contribution in [2.75, 3.05) is 20.7 Å². The van der Waals surface area contributed by atoms with E-state index in [1.807, 2.05) is 18.3 Å². The molecule has 0 saturated carbocycles. The first-order chi connectivity index (χ1) is 9.28. The second-order valence-corrected chi connectivity index (χ2v) is 5.05. The third-order valence-electron chi connectivity index (χ3n) is 3.83. The maximum Gasteiger partial charge on any atom is 0.123 e. The van der Waals surface area contributed by atoms with Crippen molar-refractivity contribution in [1.82, 2.24) is 14.9 Å². The minimum atomic E-state index is 0.437. The van der Waals surface area contributed by atoms with Crippen LogP contribution in [0.2, 0.25) is 0 Å². The van der Waals surface area contributed by atoms with Crippen LogP contribution in [-0.4, -0.2) is 35.6 Å². The molecule has 0 radical (unpaired) electrons. The average Bonchev–Trinajstić information content (AvgIpc) is 3.07. The lowest BCUT2D eigenvalue weighted by Crippen LogP contribution is -2.18. The molecule has 4 nitrogen and oxygen atoms in total. The monoisotopic (exact) mass is 257 g/mol. The zero-order chi connectivity index (χ0) is 13.2. The quantitative estimate of drug-likeness (QED) is 0.919. The van der Waals surface area contributed by atoms with Crippen LogP contribution in [0.25, 0.3) is 11.3 Å². The molecule has 0 amide bonds. The van der Waals surface area contributed by atoms with Crippen molar-refractivity contribution >= 4 is 0 Å². The van der Waals surface area contributed by atoms with Gasteiger partial charge in [0.2, 0.25) is 0 Å². The van der Waals surface area contributed by atoms with Gasteiger partial charge in [0.1, 0.15) is 11.6 Å². The Morgan fingerprint density at radius 2 is 2.11 bits per heavy atom. The summed E-state index contributed by atoms with van der Waals surface area (Å²) in [6, 6.07) is 8.48. The predicted octanol–water partition coefficient (Wildman–Crippen LogP) is 2.85. The fourth-order valence-corrected chi connectivity index (χ4v) is 2.68. The van der Waals surface area contributed by atoms with E-state index in [0.29, 0.717) is 6.04 Å². The molecule has 1 aliphatic rings. The number of H-pyrrole nitrogens is 1. The van der Waals surface area contributed by atoms with Gasteiger partial charge in [-0.1, -0.05) is 0 Å². The lowest BCUT2D eigenvalue weighted by atomic mass is 10.1. The zero-order valence-electron chi connectivity index (χ0n) is 11.4. The van der Waals surface area contributed by atoms with Gasteiger partial charge in [-0.05, 0) is 56.3 Å². The fourth-order valence-electron chi connectivity index (χ4n) is 2.68. The van der Waals surface area contributed by atoms with E-state index in [4.69, 9.17) is 4.74 Å². The summed E-state index contributed by atoms with van der Waals surface area (Å²) in [5.74, 6) is 1.95. The summed E-state index contributed by atoms with van der Waals surface area (Å²) in [5, 5.41) is 0. The van der Waals surface area contributed by atoms with Gasteiger partial charge >= 0.3 is 0 Å². The van der Waals surface area contributed by atoms with Gasteiger partial charge in [-0.2, -0.15) is 0 Å². The summed E-state index contributed by atoms with van der Waals surface area (Å²) >= 11 is 0. The Morgan fingerprint density at radius 1 is 1.32 bits per heavy atom. The van der Waals surface area contributed by atoms with Gasteiger partial charge in [0, 0.05) is 0 Å². The van der Waals surface area contributed by atoms with Gasteiger partial charge < -0.3 is 9.72 Å². The van der Waals surface area contributed by atoms with E-state index < -0.39 is 0 Å². The number of hydrogen-bond acceptors (Lipinski definition) is 3. The first kappa shape index (κ1) is 12.2. The number of benzene rings is 1. The van der Waals surface area contributed by atoms with E-state index >= 15 is 0 Å². The Bertz CT molecular complexity index is 547. The highest BCUT2D eigenvalue weighted by atomic mass is 16.5. The maximum atomic E-state index is 5.17. The average molecular weight is 257 g/mol. The van der Waals surface area contributed by atoms with Crippen LogP contribution in [0.15, 0.2) is 30.5 Å². The molecule has 100 valence electrons. The third-order valence-corrected chi connectivity index (χ3v) is 3.83. The van der Waals surface area contributed by atoms with Crippen LogP contribution in [0, 0.1) is 0 Å². The van der Waals surface area contributed by atoms with E-state index in [0.717, 1.165) is 29.4 Å². The van der Waals surface area contributed by atoms with Crippen LogP contribution < -0.4 is 4.74 Å². The van der Waals surface area contributed by atoms with Crippen LogP contribution in [0.5, 0.6) is 5.75 Å². The highest BCUT2D eigenvalue weighted by molar-refractivity contribution is 5.59. The summed E-state index contributed by atoms with van der Waals surface area (Å²) in [4.78, 5) is 10.3. The number of hydrogen-bond donors (Lipinski definition) is 1. The van der Waals surface area contributed by atoms with Crippen LogP contribution in [0.1, 0.15) is 24.7 Å². The second kappa shape index (κ2) is 5.05. The van der Waals surface area contributed by atoms with Crippen molar-refractivity contribution in [2.45, 2.75) is 18.9 Å². The number of rotatable bonds is 3. The van der Waals surface area contributed by atoms with Gasteiger partial charge in [-0.3, -0.25) is 4.90 Å². The van der Waals surface area contributed by atoms with E-state index in [2.05, 4.69) is 34.0 Å². The van der Waals surface area contributed by atoms with E-state index in [9.17, 15) is 0 Å². The van der Waals surface area contributed by atoms with E-state index in [1.54, 1.807) is 7.11 Å². The molecular formula is C15H19N3O. The molecule has 19 heavy (non-hydrogen) atoms. The number of likely N-dealkylation sites (tertiary alicyclic amines) is 1. The van der Waals surface area contributed by atoms with Crippen molar-refractivity contribution in [1.29, 1.82) is 0 Å². The number of methoxy groups -OCH3 is 1. The van der Waals surface area contributed by atoms with Gasteiger partial charge in [0.25, 0.3) is 0 Å². The maximum absolute atomic E-state index is 5.17. The number of nitrogens with zero attached hydrogens (tertiary/aromatic N) is 2. The van der Waals surface area contributed by atoms with Gasteiger partial charge in [0.15, 0.2) is 0 Å². The molecule has 2 heterocycles. The number of nitrogens with one attached hydrogen (secondary N) is 1. The van der Waals surface area contributed by atoms with Crippen molar-refractivity contribution in [2.24, 2.45) is 0 Å². The first-order valence-electron chi connectivity index (χ1n) is 6.67. The highest BCUT2D eigenvalue weighted by Crippen LogP contribution is 2.30. The summed E-state index contributed by atoms with van der Waals surface area (Å²) in [6.45, 7) is 1.16. The molecule has 1 N–H and O–H groups in total. The van der Waals surface area contributed by atoms with Crippen LogP contribution >= 0.6 is 0 Å². The molecule has 1 aromatic heterocycles. The van der Waals surface area contributed by atoms with E-state index in [1.165, 1.54) is 12.8 Å². The Kier molecular flexibility index (Phi) is 3.25. The summed E-state index contributed by atoms with van der Waals surface area (Å²) < 4.78 is 5.17. The van der Waals surface area contributed by atoms with Crippen molar-refractivity contribution < 1.29 is 4.74 Å². The van der Waals surface area contributed by atoms with Crippen molar-refractivity contribution in [3.8, 4) is 17.0 Å². The minimum Gasteiger partial charge on any atom is -0.497 e. The number of aromatic nitrogens is 2. The topological polar surface area (TPSA) is 41.1 Å². The number of ether oxygens (including phenoxy) is 1. The second-order valence-electron chi connectivity index (χ2n) is 5.05. The number of imidazole rings is 1.